The zero-order valence-corrected chi connectivity index (χ0v) is 12.1. The van der Waals surface area contributed by atoms with E-state index in [0.29, 0.717) is 11.8 Å². The molecule has 3 N–H and O–H groups in total. The summed E-state index contributed by atoms with van der Waals surface area (Å²) in [5, 5.41) is 14.4. The average molecular weight is 280 g/mol. The second kappa shape index (κ2) is 6.02. The zero-order valence-electron chi connectivity index (χ0n) is 12.1. The van der Waals surface area contributed by atoms with Gasteiger partial charge in [-0.05, 0) is 43.1 Å². The summed E-state index contributed by atoms with van der Waals surface area (Å²) in [5.74, 6) is 0.347. The Hall–Kier alpha value is -2.26. The minimum Gasteiger partial charge on any atom is -0.507 e. The molecule has 1 unspecified atom stereocenters. The number of hydrogen-bond donors (Lipinski definition) is 3. The zero-order chi connectivity index (χ0) is 14.7. The van der Waals surface area contributed by atoms with E-state index in [-0.39, 0.29) is 0 Å². The number of H-pyrrole nitrogens is 1. The largest absolute Gasteiger partial charge is 0.507 e. The highest BCUT2D eigenvalue weighted by molar-refractivity contribution is 5.88. The Morgan fingerprint density at radius 3 is 2.71 bits per heavy atom. The monoisotopic (exact) mass is 280 g/mol. The van der Waals surface area contributed by atoms with Crippen molar-refractivity contribution in [1.82, 2.24) is 10.3 Å². The molecule has 0 aliphatic heterocycles. The molecule has 0 radical (unpaired) electrons. The van der Waals surface area contributed by atoms with Crippen molar-refractivity contribution in [2.45, 2.75) is 19.4 Å². The van der Waals surface area contributed by atoms with Gasteiger partial charge >= 0.3 is 0 Å². The Bertz CT molecular complexity index is 718. The van der Waals surface area contributed by atoms with E-state index in [1.165, 1.54) is 5.56 Å². The Morgan fingerprint density at radius 2 is 1.90 bits per heavy atom. The molecule has 3 nitrogen and oxygen atoms in total. The molecule has 0 fully saturated rings. The summed E-state index contributed by atoms with van der Waals surface area (Å²) >= 11 is 0. The van der Waals surface area contributed by atoms with E-state index in [0.717, 1.165) is 29.4 Å². The molecule has 0 spiro atoms. The number of nitrogens with one attached hydrogen (secondary N) is 2. The minimum absolute atomic E-state index is 0.324. The quantitative estimate of drug-likeness (QED) is 0.666. The van der Waals surface area contributed by atoms with Crippen LogP contribution in [-0.2, 0) is 6.42 Å². The number of aromatic amines is 1. The summed E-state index contributed by atoms with van der Waals surface area (Å²) in [7, 11) is 0. The van der Waals surface area contributed by atoms with Crippen LogP contribution in [0.25, 0.3) is 10.9 Å². The van der Waals surface area contributed by atoms with Crippen LogP contribution in [0, 0.1) is 0 Å². The third kappa shape index (κ3) is 2.93. The smallest absolute Gasteiger partial charge is 0.125 e. The summed E-state index contributed by atoms with van der Waals surface area (Å²) in [6.07, 6.45) is 2.87. The highest BCUT2D eigenvalue weighted by Crippen LogP contribution is 2.27. The van der Waals surface area contributed by atoms with E-state index in [9.17, 15) is 5.11 Å². The van der Waals surface area contributed by atoms with Gasteiger partial charge < -0.3 is 15.4 Å². The summed E-state index contributed by atoms with van der Waals surface area (Å²) in [5.41, 5.74) is 3.43. The molecule has 0 saturated carbocycles. The molecule has 108 valence electrons. The Morgan fingerprint density at radius 1 is 1.10 bits per heavy atom. The molecule has 1 heterocycles. The summed E-state index contributed by atoms with van der Waals surface area (Å²) < 4.78 is 0. The van der Waals surface area contributed by atoms with Crippen LogP contribution in [0.3, 0.4) is 0 Å². The van der Waals surface area contributed by atoms with Gasteiger partial charge in [0.1, 0.15) is 5.75 Å². The van der Waals surface area contributed by atoms with Gasteiger partial charge in [-0.1, -0.05) is 36.4 Å². The van der Waals surface area contributed by atoms with Crippen LogP contribution in [0.15, 0.2) is 54.7 Å². The maximum Gasteiger partial charge on any atom is 0.125 e. The van der Waals surface area contributed by atoms with Gasteiger partial charge in [-0.15, -0.1) is 0 Å². The molecule has 21 heavy (non-hydrogen) atoms. The first-order valence-electron chi connectivity index (χ1n) is 7.32. The molecule has 3 rings (SSSR count). The number of aromatic nitrogens is 1. The van der Waals surface area contributed by atoms with Gasteiger partial charge in [-0.3, -0.25) is 0 Å². The highest BCUT2D eigenvalue weighted by atomic mass is 16.3. The number of aromatic hydroxyl groups is 1. The van der Waals surface area contributed by atoms with Crippen LogP contribution < -0.4 is 5.32 Å². The fourth-order valence-corrected chi connectivity index (χ4v) is 2.71. The molecule has 0 bridgehead atoms. The summed E-state index contributed by atoms with van der Waals surface area (Å²) in [6, 6.07) is 16.3. The fraction of sp³-hybridized carbons (Fsp3) is 0.222. The van der Waals surface area contributed by atoms with Crippen molar-refractivity contribution in [3.05, 3.63) is 65.9 Å². The van der Waals surface area contributed by atoms with E-state index < -0.39 is 0 Å². The lowest BCUT2D eigenvalue weighted by atomic mass is 10.1. The Labute approximate surface area is 124 Å². The number of phenolic OH excluding ortho intramolecular Hbond substituents is 1. The fourth-order valence-electron chi connectivity index (χ4n) is 2.71. The van der Waals surface area contributed by atoms with Gasteiger partial charge in [0.05, 0.1) is 0 Å². The molecule has 0 aliphatic carbocycles. The van der Waals surface area contributed by atoms with E-state index >= 15 is 0 Å². The standard InChI is InChI=1S/C18H20N2O/c1-13(14-6-3-2-4-7-14)19-11-10-15-12-20-16-8-5-9-17(21)18(15)16/h2-9,12-13,19-21H,10-11H2,1H3. The third-order valence-electron chi connectivity index (χ3n) is 3.91. The second-order valence-electron chi connectivity index (χ2n) is 5.35. The van der Waals surface area contributed by atoms with Crippen molar-refractivity contribution < 1.29 is 5.11 Å². The molecule has 0 aliphatic rings. The molecule has 0 saturated heterocycles. The number of phenols is 1. The van der Waals surface area contributed by atoms with Crippen molar-refractivity contribution in [3.63, 3.8) is 0 Å². The van der Waals surface area contributed by atoms with Gasteiger partial charge in [0.15, 0.2) is 0 Å². The number of fused-ring (bicyclic) bond motifs is 1. The lowest BCUT2D eigenvalue weighted by molar-refractivity contribution is 0.481. The average Bonchev–Trinajstić information content (AvgIpc) is 2.93. The highest BCUT2D eigenvalue weighted by Gasteiger charge is 2.08. The SMILES string of the molecule is CC(NCCc1c[nH]c2cccc(O)c12)c1ccccc1. The van der Waals surface area contributed by atoms with E-state index in [1.54, 1.807) is 6.07 Å². The first kappa shape index (κ1) is 13.7. The van der Waals surface area contributed by atoms with Crippen molar-refractivity contribution in [2.75, 3.05) is 6.54 Å². The van der Waals surface area contributed by atoms with Gasteiger partial charge in [0, 0.05) is 23.1 Å². The normalized spacial score (nSPS) is 12.6. The van der Waals surface area contributed by atoms with E-state index in [2.05, 4.69) is 41.5 Å². The maximum atomic E-state index is 9.99. The van der Waals surface area contributed by atoms with Crippen LogP contribution in [0.4, 0.5) is 0 Å². The molecule has 1 aromatic heterocycles. The van der Waals surface area contributed by atoms with Crippen LogP contribution in [0.5, 0.6) is 5.75 Å². The Kier molecular flexibility index (Phi) is 3.93. The van der Waals surface area contributed by atoms with Crippen molar-refractivity contribution in [2.24, 2.45) is 0 Å². The van der Waals surface area contributed by atoms with Crippen molar-refractivity contribution in [1.29, 1.82) is 0 Å². The van der Waals surface area contributed by atoms with Gasteiger partial charge in [0.2, 0.25) is 0 Å². The predicted molar refractivity (Wildman–Crippen MR) is 86.5 cm³/mol. The Balaban J connectivity index is 1.65. The van der Waals surface area contributed by atoms with Crippen LogP contribution in [-0.4, -0.2) is 16.6 Å². The predicted octanol–water partition coefficient (Wildman–Crippen LogP) is 3.77. The number of rotatable bonds is 5. The molecular formula is C18H20N2O. The molecule has 0 amide bonds. The number of benzene rings is 2. The maximum absolute atomic E-state index is 9.99. The minimum atomic E-state index is 0.324. The summed E-state index contributed by atoms with van der Waals surface area (Å²) in [6.45, 7) is 3.04. The molecular weight excluding hydrogens is 260 g/mol. The lowest BCUT2D eigenvalue weighted by Crippen LogP contribution is -2.21. The summed E-state index contributed by atoms with van der Waals surface area (Å²) in [4.78, 5) is 3.21. The van der Waals surface area contributed by atoms with E-state index in [4.69, 9.17) is 0 Å². The topological polar surface area (TPSA) is 48.0 Å². The van der Waals surface area contributed by atoms with Crippen molar-refractivity contribution >= 4 is 10.9 Å². The van der Waals surface area contributed by atoms with Crippen LogP contribution in [0.2, 0.25) is 0 Å². The third-order valence-corrected chi connectivity index (χ3v) is 3.91. The second-order valence-corrected chi connectivity index (χ2v) is 5.35. The first-order chi connectivity index (χ1) is 10.3. The molecule has 1 atom stereocenters. The molecule has 2 aromatic carbocycles. The lowest BCUT2D eigenvalue weighted by Gasteiger charge is -2.14. The molecule has 3 aromatic rings. The van der Waals surface area contributed by atoms with E-state index in [1.807, 2.05) is 24.4 Å². The van der Waals surface area contributed by atoms with Gasteiger partial charge in [0.25, 0.3) is 0 Å². The van der Waals surface area contributed by atoms with Crippen molar-refractivity contribution in [3.8, 4) is 5.75 Å². The molecule has 3 heteroatoms. The van der Waals surface area contributed by atoms with Crippen LogP contribution in [0.1, 0.15) is 24.1 Å². The van der Waals surface area contributed by atoms with Crippen LogP contribution >= 0.6 is 0 Å². The first-order valence-corrected chi connectivity index (χ1v) is 7.32. The number of hydrogen-bond acceptors (Lipinski definition) is 2. The van der Waals surface area contributed by atoms with Gasteiger partial charge in [-0.25, -0.2) is 0 Å². The van der Waals surface area contributed by atoms with Gasteiger partial charge in [-0.2, -0.15) is 0 Å².